The average Bonchev–Trinajstić information content (AvgIpc) is 3.30. The van der Waals surface area contributed by atoms with Gasteiger partial charge in [-0.3, -0.25) is 0 Å². The number of nitrogens with one attached hydrogen (secondary N) is 2. The minimum Gasteiger partial charge on any atom is -0.350 e. The number of piperidine rings is 1. The van der Waals surface area contributed by atoms with Crippen molar-refractivity contribution in [3.05, 3.63) is 23.5 Å². The van der Waals surface area contributed by atoms with E-state index >= 15 is 0 Å². The quantitative estimate of drug-likeness (QED) is 0.791. The van der Waals surface area contributed by atoms with Gasteiger partial charge in [-0.2, -0.15) is 0 Å². The second-order valence-corrected chi connectivity index (χ2v) is 9.29. The molecule has 0 spiro atoms. The second kappa shape index (κ2) is 5.88. The second-order valence-electron chi connectivity index (χ2n) is 6.64. The van der Waals surface area contributed by atoms with E-state index in [1.165, 1.54) is 0 Å². The molecule has 2 fully saturated rings. The van der Waals surface area contributed by atoms with E-state index in [2.05, 4.69) is 15.6 Å². The van der Waals surface area contributed by atoms with Crippen molar-refractivity contribution in [1.29, 1.82) is 0 Å². The van der Waals surface area contributed by atoms with Crippen molar-refractivity contribution in [1.82, 2.24) is 14.9 Å². The normalized spacial score (nSPS) is 34.6. The van der Waals surface area contributed by atoms with Crippen molar-refractivity contribution in [2.24, 2.45) is 10.9 Å². The Kier molecular flexibility index (Phi) is 3.99. The Bertz CT molecular complexity index is 684. The first-order valence-electron chi connectivity index (χ1n) is 8.17. The van der Waals surface area contributed by atoms with Crippen LogP contribution in [0.3, 0.4) is 0 Å². The Labute approximate surface area is 141 Å². The van der Waals surface area contributed by atoms with Crippen LogP contribution in [0.5, 0.6) is 0 Å². The molecular formula is C15H21ClN4O2S. The number of hydrogen-bond acceptors (Lipinski definition) is 5. The SMILES string of the molecule is O=S(=O)(C1CC1)N1CCCC(NC2C(Cl)=CN=C3NC=CC32)C1. The summed E-state index contributed by atoms with van der Waals surface area (Å²) in [4.78, 5) is 4.30. The first-order valence-corrected chi connectivity index (χ1v) is 10.1. The fraction of sp³-hybridized carbons (Fsp3) is 0.667. The summed E-state index contributed by atoms with van der Waals surface area (Å²) in [7, 11) is -3.10. The Hall–Kier alpha value is -0.890. The summed E-state index contributed by atoms with van der Waals surface area (Å²) in [6.07, 6.45) is 9.08. The number of halogens is 1. The number of sulfonamides is 1. The molecule has 1 saturated carbocycles. The van der Waals surface area contributed by atoms with Crippen molar-refractivity contribution in [2.45, 2.75) is 43.0 Å². The largest absolute Gasteiger partial charge is 0.350 e. The Morgan fingerprint density at radius 1 is 1.35 bits per heavy atom. The highest BCUT2D eigenvalue weighted by Gasteiger charge is 2.42. The lowest BCUT2D eigenvalue weighted by molar-refractivity contribution is 0.269. The number of aliphatic imine (C=N–C) groups is 1. The van der Waals surface area contributed by atoms with E-state index in [0.717, 1.165) is 31.5 Å². The molecule has 3 unspecified atom stereocenters. The van der Waals surface area contributed by atoms with Gasteiger partial charge in [0.1, 0.15) is 5.84 Å². The summed E-state index contributed by atoms with van der Waals surface area (Å²) in [6.45, 7) is 1.18. The van der Waals surface area contributed by atoms with E-state index in [4.69, 9.17) is 11.6 Å². The fourth-order valence-corrected chi connectivity index (χ4v) is 5.70. The maximum Gasteiger partial charge on any atom is 0.217 e. The number of nitrogens with zero attached hydrogens (tertiary/aromatic N) is 2. The van der Waals surface area contributed by atoms with E-state index in [1.54, 1.807) is 10.5 Å². The van der Waals surface area contributed by atoms with Gasteiger partial charge in [0.25, 0.3) is 0 Å². The molecular weight excluding hydrogens is 336 g/mol. The molecule has 0 amide bonds. The molecule has 126 valence electrons. The van der Waals surface area contributed by atoms with Gasteiger partial charge in [0.15, 0.2) is 0 Å². The van der Waals surface area contributed by atoms with E-state index in [0.29, 0.717) is 18.1 Å². The molecule has 8 heteroatoms. The van der Waals surface area contributed by atoms with Gasteiger partial charge < -0.3 is 10.6 Å². The van der Waals surface area contributed by atoms with E-state index in [1.807, 2.05) is 12.3 Å². The van der Waals surface area contributed by atoms with Gasteiger partial charge in [0, 0.05) is 25.3 Å². The highest BCUT2D eigenvalue weighted by Crippen LogP contribution is 2.33. The molecule has 2 N–H and O–H groups in total. The summed E-state index contributed by atoms with van der Waals surface area (Å²) < 4.78 is 26.6. The van der Waals surface area contributed by atoms with Crippen LogP contribution >= 0.6 is 11.6 Å². The lowest BCUT2D eigenvalue weighted by Crippen LogP contribution is -2.54. The molecule has 0 aromatic heterocycles. The Morgan fingerprint density at radius 2 is 2.17 bits per heavy atom. The van der Waals surface area contributed by atoms with Crippen molar-refractivity contribution in [3.8, 4) is 0 Å². The molecule has 0 radical (unpaired) electrons. The fourth-order valence-electron chi connectivity index (χ4n) is 3.52. The van der Waals surface area contributed by atoms with Gasteiger partial charge in [-0.05, 0) is 31.9 Å². The molecule has 0 bridgehead atoms. The molecule has 3 aliphatic heterocycles. The molecule has 4 aliphatic rings. The zero-order valence-corrected chi connectivity index (χ0v) is 14.4. The van der Waals surface area contributed by atoms with E-state index in [-0.39, 0.29) is 23.3 Å². The first-order chi connectivity index (χ1) is 11.1. The van der Waals surface area contributed by atoms with Crippen molar-refractivity contribution < 1.29 is 8.42 Å². The number of amidine groups is 1. The molecule has 6 nitrogen and oxygen atoms in total. The lowest BCUT2D eigenvalue weighted by Gasteiger charge is -2.36. The third kappa shape index (κ3) is 2.95. The molecule has 3 heterocycles. The standard InChI is InChI=1S/C15H21ClN4O2S/c16-13-8-18-15-12(5-6-17-15)14(13)19-10-2-1-7-20(9-10)23(21,22)11-3-4-11/h5-6,8,10-12,14,19H,1-4,7,9H2,(H,17,18). The smallest absolute Gasteiger partial charge is 0.217 e. The minimum atomic E-state index is -3.10. The summed E-state index contributed by atoms with van der Waals surface area (Å²) in [6, 6.07) is 0.0850. The van der Waals surface area contributed by atoms with Crippen LogP contribution in [0, 0.1) is 5.92 Å². The minimum absolute atomic E-state index is 0.0380. The molecule has 0 aromatic rings. The predicted molar refractivity (Wildman–Crippen MR) is 90.6 cm³/mol. The highest BCUT2D eigenvalue weighted by molar-refractivity contribution is 7.90. The van der Waals surface area contributed by atoms with Gasteiger partial charge in [-0.1, -0.05) is 17.7 Å². The van der Waals surface area contributed by atoms with E-state index in [9.17, 15) is 8.42 Å². The number of fused-ring (bicyclic) bond motifs is 1. The monoisotopic (exact) mass is 356 g/mol. The molecule has 3 atom stereocenters. The summed E-state index contributed by atoms with van der Waals surface area (Å²) >= 11 is 6.35. The van der Waals surface area contributed by atoms with Crippen molar-refractivity contribution >= 4 is 27.5 Å². The third-order valence-corrected chi connectivity index (χ3v) is 7.64. The molecule has 4 rings (SSSR count). The van der Waals surface area contributed by atoms with Crippen LogP contribution in [0.4, 0.5) is 0 Å². The zero-order valence-electron chi connectivity index (χ0n) is 12.8. The lowest BCUT2D eigenvalue weighted by atomic mass is 9.95. The van der Waals surface area contributed by atoms with Crippen LogP contribution in [0.1, 0.15) is 25.7 Å². The molecule has 1 aliphatic carbocycles. The molecule has 23 heavy (non-hydrogen) atoms. The van der Waals surface area contributed by atoms with Gasteiger partial charge in [-0.25, -0.2) is 17.7 Å². The third-order valence-electron chi connectivity index (χ3n) is 4.94. The van der Waals surface area contributed by atoms with Crippen LogP contribution in [-0.4, -0.2) is 49.0 Å². The Balaban J connectivity index is 1.45. The average molecular weight is 357 g/mol. The van der Waals surface area contributed by atoms with Gasteiger partial charge in [0.05, 0.1) is 22.2 Å². The molecule has 0 aromatic carbocycles. The van der Waals surface area contributed by atoms with Gasteiger partial charge >= 0.3 is 0 Å². The van der Waals surface area contributed by atoms with Crippen LogP contribution in [0.2, 0.25) is 0 Å². The Morgan fingerprint density at radius 3 is 2.96 bits per heavy atom. The summed E-state index contributed by atoms with van der Waals surface area (Å²) in [5, 5.41) is 7.22. The first kappa shape index (κ1) is 15.6. The topological polar surface area (TPSA) is 73.8 Å². The van der Waals surface area contributed by atoms with E-state index < -0.39 is 10.0 Å². The van der Waals surface area contributed by atoms with Crippen LogP contribution < -0.4 is 10.6 Å². The highest BCUT2D eigenvalue weighted by atomic mass is 35.5. The molecule has 1 saturated heterocycles. The maximum absolute atomic E-state index is 12.5. The van der Waals surface area contributed by atoms with Gasteiger partial charge in [-0.15, -0.1) is 0 Å². The number of hydrogen-bond donors (Lipinski definition) is 2. The predicted octanol–water partition coefficient (Wildman–Crippen LogP) is 1.13. The summed E-state index contributed by atoms with van der Waals surface area (Å²) in [5.41, 5.74) is 0. The van der Waals surface area contributed by atoms with Crippen LogP contribution in [0.15, 0.2) is 28.5 Å². The maximum atomic E-state index is 12.5. The van der Waals surface area contributed by atoms with Crippen LogP contribution in [-0.2, 0) is 10.0 Å². The summed E-state index contributed by atoms with van der Waals surface area (Å²) in [5.74, 6) is 0.994. The van der Waals surface area contributed by atoms with Crippen LogP contribution in [0.25, 0.3) is 0 Å². The zero-order chi connectivity index (χ0) is 16.0. The van der Waals surface area contributed by atoms with Gasteiger partial charge in [0.2, 0.25) is 10.0 Å². The number of rotatable bonds is 4. The van der Waals surface area contributed by atoms with Crippen molar-refractivity contribution in [3.63, 3.8) is 0 Å². The van der Waals surface area contributed by atoms with Crippen molar-refractivity contribution in [2.75, 3.05) is 13.1 Å².